The molecule has 0 bridgehead atoms. The van der Waals surface area contributed by atoms with Crippen LogP contribution in [0.3, 0.4) is 0 Å². The quantitative estimate of drug-likeness (QED) is 0.908. The van der Waals surface area contributed by atoms with Crippen LogP contribution < -0.4 is 11.1 Å². The highest BCUT2D eigenvalue weighted by Gasteiger charge is 2.35. The third-order valence-corrected chi connectivity index (χ3v) is 3.30. The summed E-state index contributed by atoms with van der Waals surface area (Å²) in [6.45, 7) is 0.241. The van der Waals surface area contributed by atoms with Crippen LogP contribution >= 0.6 is 11.3 Å². The molecule has 1 atom stereocenters. The van der Waals surface area contributed by atoms with E-state index >= 15 is 0 Å². The molecular formula is C11H11F3N4S. The summed E-state index contributed by atoms with van der Waals surface area (Å²) in [5, 5.41) is 8.57. The zero-order chi connectivity index (χ0) is 13.9. The summed E-state index contributed by atoms with van der Waals surface area (Å²) < 4.78 is 37.2. The van der Waals surface area contributed by atoms with Crippen LogP contribution in [0.25, 0.3) is 0 Å². The van der Waals surface area contributed by atoms with Crippen LogP contribution in [0, 0.1) is 0 Å². The molecule has 102 valence electrons. The van der Waals surface area contributed by atoms with Gasteiger partial charge in [0.2, 0.25) is 10.1 Å². The predicted octanol–water partition coefficient (Wildman–Crippen LogP) is 2.67. The van der Waals surface area contributed by atoms with Crippen molar-refractivity contribution in [1.82, 2.24) is 10.2 Å². The molecule has 0 aliphatic rings. The second-order valence-corrected chi connectivity index (χ2v) is 4.73. The van der Waals surface area contributed by atoms with Gasteiger partial charge in [0, 0.05) is 6.54 Å². The Kier molecular flexibility index (Phi) is 4.01. The number of halogens is 3. The van der Waals surface area contributed by atoms with Gasteiger partial charge in [-0.3, -0.25) is 0 Å². The van der Waals surface area contributed by atoms with Gasteiger partial charge in [0.05, 0.1) is 6.04 Å². The summed E-state index contributed by atoms with van der Waals surface area (Å²) in [6, 6.07) is 8.91. The number of hydrogen-bond donors (Lipinski definition) is 2. The maximum Gasteiger partial charge on any atom is 0.445 e. The molecule has 2 rings (SSSR count). The molecule has 1 unspecified atom stereocenters. The van der Waals surface area contributed by atoms with Gasteiger partial charge in [-0.25, -0.2) is 0 Å². The van der Waals surface area contributed by atoms with Gasteiger partial charge in [-0.15, -0.1) is 10.2 Å². The summed E-state index contributed by atoms with van der Waals surface area (Å²) in [4.78, 5) is 0. The van der Waals surface area contributed by atoms with E-state index in [9.17, 15) is 13.2 Å². The lowest BCUT2D eigenvalue weighted by molar-refractivity contribution is -0.138. The second-order valence-electron chi connectivity index (χ2n) is 3.75. The topological polar surface area (TPSA) is 63.8 Å². The Morgan fingerprint density at radius 3 is 2.42 bits per heavy atom. The fourth-order valence-corrected chi connectivity index (χ4v) is 2.17. The average molecular weight is 288 g/mol. The Hall–Kier alpha value is -1.67. The van der Waals surface area contributed by atoms with Crippen LogP contribution in [0.15, 0.2) is 30.3 Å². The highest BCUT2D eigenvalue weighted by atomic mass is 32.1. The highest BCUT2D eigenvalue weighted by Crippen LogP contribution is 2.33. The molecular weight excluding hydrogens is 277 g/mol. The fraction of sp³-hybridized carbons (Fsp3) is 0.273. The third-order valence-electron chi connectivity index (χ3n) is 2.40. The molecule has 0 radical (unpaired) electrons. The van der Waals surface area contributed by atoms with E-state index in [1.165, 1.54) is 0 Å². The van der Waals surface area contributed by atoms with Gasteiger partial charge in [-0.2, -0.15) is 13.2 Å². The number of aromatic nitrogens is 2. The minimum atomic E-state index is -4.47. The summed E-state index contributed by atoms with van der Waals surface area (Å²) in [6.07, 6.45) is -4.47. The summed E-state index contributed by atoms with van der Waals surface area (Å²) in [5.41, 5.74) is 6.50. The Morgan fingerprint density at radius 2 is 1.89 bits per heavy atom. The zero-order valence-corrected chi connectivity index (χ0v) is 10.5. The van der Waals surface area contributed by atoms with Crippen LogP contribution in [0.4, 0.5) is 18.3 Å². The molecule has 0 aliphatic heterocycles. The van der Waals surface area contributed by atoms with E-state index in [4.69, 9.17) is 5.73 Å². The number of nitrogens with zero attached hydrogens (tertiary/aromatic N) is 2. The molecule has 3 N–H and O–H groups in total. The minimum absolute atomic E-state index is 0.103. The molecule has 4 nitrogen and oxygen atoms in total. The molecule has 1 aromatic carbocycles. The first-order valence-electron chi connectivity index (χ1n) is 5.43. The van der Waals surface area contributed by atoms with Crippen molar-refractivity contribution >= 4 is 16.5 Å². The van der Waals surface area contributed by atoms with Crippen molar-refractivity contribution in [3.63, 3.8) is 0 Å². The Morgan fingerprint density at radius 1 is 1.21 bits per heavy atom. The molecule has 1 heterocycles. The molecule has 1 aromatic heterocycles. The van der Waals surface area contributed by atoms with E-state index in [0.717, 1.165) is 5.56 Å². The smallest absolute Gasteiger partial charge is 0.352 e. The number of hydrogen-bond acceptors (Lipinski definition) is 5. The van der Waals surface area contributed by atoms with Gasteiger partial charge in [0.1, 0.15) is 0 Å². The highest BCUT2D eigenvalue weighted by molar-refractivity contribution is 7.15. The Bertz CT molecular complexity index is 526. The molecule has 0 amide bonds. The lowest BCUT2D eigenvalue weighted by Crippen LogP contribution is -2.20. The monoisotopic (exact) mass is 288 g/mol. The number of nitrogens with one attached hydrogen (secondary N) is 1. The lowest BCUT2D eigenvalue weighted by atomic mass is 10.1. The maximum absolute atomic E-state index is 12.4. The van der Waals surface area contributed by atoms with Crippen molar-refractivity contribution in [2.75, 3.05) is 11.9 Å². The number of nitrogens with two attached hydrogens (primary N) is 1. The average Bonchev–Trinajstić information content (AvgIpc) is 2.85. The molecule has 0 aliphatic carbocycles. The van der Waals surface area contributed by atoms with Gasteiger partial charge in [0.25, 0.3) is 0 Å². The van der Waals surface area contributed by atoms with Crippen LogP contribution in [-0.4, -0.2) is 16.7 Å². The Balaban J connectivity index is 2.13. The normalized spacial score (nSPS) is 13.3. The molecule has 0 saturated carbocycles. The molecule has 8 heteroatoms. The third kappa shape index (κ3) is 3.42. The first-order chi connectivity index (χ1) is 9.00. The molecule has 0 fully saturated rings. The zero-order valence-electron chi connectivity index (χ0n) is 9.69. The minimum Gasteiger partial charge on any atom is -0.352 e. The molecule has 0 saturated heterocycles. The largest absolute Gasteiger partial charge is 0.445 e. The van der Waals surface area contributed by atoms with Crippen LogP contribution in [-0.2, 0) is 6.18 Å². The number of anilines is 1. The number of rotatable bonds is 4. The van der Waals surface area contributed by atoms with Crippen molar-refractivity contribution in [3.8, 4) is 0 Å². The van der Waals surface area contributed by atoms with Gasteiger partial charge in [-0.05, 0) is 5.56 Å². The van der Waals surface area contributed by atoms with Gasteiger partial charge in [-0.1, -0.05) is 41.7 Å². The van der Waals surface area contributed by atoms with Crippen LogP contribution in [0.1, 0.15) is 16.6 Å². The maximum atomic E-state index is 12.4. The predicted molar refractivity (Wildman–Crippen MR) is 66.8 cm³/mol. The molecule has 0 spiro atoms. The number of benzene rings is 1. The van der Waals surface area contributed by atoms with Gasteiger partial charge >= 0.3 is 6.18 Å². The van der Waals surface area contributed by atoms with Crippen LogP contribution in [0.2, 0.25) is 0 Å². The fourth-order valence-electron chi connectivity index (χ4n) is 1.51. The lowest BCUT2D eigenvalue weighted by Gasteiger charge is -2.15. The van der Waals surface area contributed by atoms with Gasteiger partial charge < -0.3 is 11.1 Å². The Labute approximate surface area is 111 Å². The SMILES string of the molecule is NCC(Nc1nnc(C(F)(F)F)s1)c1ccccc1. The molecule has 2 aromatic rings. The van der Waals surface area contributed by atoms with E-state index in [2.05, 4.69) is 15.5 Å². The number of alkyl halides is 3. The van der Waals surface area contributed by atoms with Crippen molar-refractivity contribution in [1.29, 1.82) is 0 Å². The van der Waals surface area contributed by atoms with E-state index in [0.29, 0.717) is 11.3 Å². The van der Waals surface area contributed by atoms with Crippen molar-refractivity contribution < 1.29 is 13.2 Å². The van der Waals surface area contributed by atoms with E-state index < -0.39 is 11.2 Å². The van der Waals surface area contributed by atoms with Crippen molar-refractivity contribution in [2.45, 2.75) is 12.2 Å². The van der Waals surface area contributed by atoms with E-state index in [1.54, 1.807) is 0 Å². The molecule has 19 heavy (non-hydrogen) atoms. The van der Waals surface area contributed by atoms with Crippen molar-refractivity contribution in [2.24, 2.45) is 5.73 Å². The summed E-state index contributed by atoms with van der Waals surface area (Å²) >= 11 is 0.464. The summed E-state index contributed by atoms with van der Waals surface area (Å²) in [7, 11) is 0. The first-order valence-corrected chi connectivity index (χ1v) is 6.24. The second kappa shape index (κ2) is 5.54. The van der Waals surface area contributed by atoms with Crippen molar-refractivity contribution in [3.05, 3.63) is 40.9 Å². The van der Waals surface area contributed by atoms with Gasteiger partial charge in [0.15, 0.2) is 0 Å². The van der Waals surface area contributed by atoms with Crippen LogP contribution in [0.5, 0.6) is 0 Å². The first kappa shape index (κ1) is 13.8. The van der Waals surface area contributed by atoms with E-state index in [-0.39, 0.29) is 17.7 Å². The summed E-state index contributed by atoms with van der Waals surface area (Å²) in [5.74, 6) is 0. The van der Waals surface area contributed by atoms with E-state index in [1.807, 2.05) is 30.3 Å². The standard InChI is InChI=1S/C11H11F3N4S/c12-11(13,14)9-17-18-10(19-9)16-8(6-15)7-4-2-1-3-5-7/h1-5,8H,6,15H2,(H,16,18).